The Balaban J connectivity index is 1.82. The third-order valence-corrected chi connectivity index (χ3v) is 3.52. The van der Waals surface area contributed by atoms with Gasteiger partial charge in [0, 0.05) is 5.56 Å². The molecular weight excluding hydrogens is 336 g/mol. The summed E-state index contributed by atoms with van der Waals surface area (Å²) in [5.74, 6) is 0.721. The van der Waals surface area contributed by atoms with Crippen LogP contribution in [-0.4, -0.2) is 38.7 Å². The van der Waals surface area contributed by atoms with E-state index in [0.717, 1.165) is 5.56 Å². The molecule has 0 atom stereocenters. The lowest BCUT2D eigenvalue weighted by Gasteiger charge is -2.11. The molecule has 2 aromatic rings. The van der Waals surface area contributed by atoms with Crippen LogP contribution >= 0.6 is 0 Å². The number of methoxy groups -OCH3 is 1. The molecule has 0 heterocycles. The van der Waals surface area contributed by atoms with Gasteiger partial charge in [-0.1, -0.05) is 6.07 Å². The highest BCUT2D eigenvalue weighted by atomic mass is 16.6. The van der Waals surface area contributed by atoms with Crippen molar-refractivity contribution in [3.8, 4) is 17.2 Å². The number of rotatable bonds is 9. The number of hydrogen-bond acceptors (Lipinski definition) is 6. The first-order chi connectivity index (χ1) is 12.5. The fraction of sp³-hybridized carbons (Fsp3) is 0.300. The van der Waals surface area contributed by atoms with E-state index in [-0.39, 0.29) is 19.0 Å². The number of carbonyl (C=O) groups is 2. The Kier molecular flexibility index (Phi) is 7.02. The van der Waals surface area contributed by atoms with Gasteiger partial charge >= 0.3 is 5.97 Å². The molecule has 6 nitrogen and oxygen atoms in total. The van der Waals surface area contributed by atoms with Gasteiger partial charge in [0.15, 0.2) is 30.5 Å². The first-order valence-electron chi connectivity index (χ1n) is 8.22. The molecule has 0 bridgehead atoms. The second-order valence-corrected chi connectivity index (χ2v) is 5.48. The molecule has 0 amide bonds. The number of hydrogen-bond donors (Lipinski definition) is 0. The van der Waals surface area contributed by atoms with E-state index in [1.165, 1.54) is 7.11 Å². The van der Waals surface area contributed by atoms with Crippen molar-refractivity contribution in [2.45, 2.75) is 13.8 Å². The fourth-order valence-corrected chi connectivity index (χ4v) is 2.21. The van der Waals surface area contributed by atoms with E-state index < -0.39 is 5.97 Å². The highest BCUT2D eigenvalue weighted by Gasteiger charge is 2.12. The topological polar surface area (TPSA) is 71.1 Å². The molecule has 2 aromatic carbocycles. The Hall–Kier alpha value is -3.02. The van der Waals surface area contributed by atoms with E-state index in [1.807, 2.05) is 19.9 Å². The second kappa shape index (κ2) is 9.46. The summed E-state index contributed by atoms with van der Waals surface area (Å²) in [5, 5.41) is 0. The van der Waals surface area contributed by atoms with Crippen molar-refractivity contribution in [3.63, 3.8) is 0 Å². The van der Waals surface area contributed by atoms with Crippen molar-refractivity contribution in [1.29, 1.82) is 0 Å². The number of ether oxygens (including phenoxy) is 4. The van der Waals surface area contributed by atoms with Crippen LogP contribution in [0.25, 0.3) is 0 Å². The van der Waals surface area contributed by atoms with Crippen LogP contribution in [0.2, 0.25) is 0 Å². The summed E-state index contributed by atoms with van der Waals surface area (Å²) in [4.78, 5) is 23.8. The van der Waals surface area contributed by atoms with Gasteiger partial charge in [0.05, 0.1) is 13.7 Å². The van der Waals surface area contributed by atoms with Crippen molar-refractivity contribution >= 4 is 11.8 Å². The van der Waals surface area contributed by atoms with Gasteiger partial charge in [-0.25, -0.2) is 4.79 Å². The largest absolute Gasteiger partial charge is 0.494 e. The molecule has 0 radical (unpaired) electrons. The van der Waals surface area contributed by atoms with Gasteiger partial charge in [0.2, 0.25) is 0 Å². The average molecular weight is 358 g/mol. The van der Waals surface area contributed by atoms with E-state index in [1.54, 1.807) is 36.4 Å². The second-order valence-electron chi connectivity index (χ2n) is 5.48. The molecule has 0 spiro atoms. The standard InChI is InChI=1S/C20H22O6/c1-4-24-16-8-6-15(7-9-16)17(21)12-26-20(22)13-25-18-10-5-14(2)11-19(18)23-3/h5-11H,4,12-13H2,1-3H3. The quantitative estimate of drug-likeness (QED) is 0.506. The summed E-state index contributed by atoms with van der Waals surface area (Å²) >= 11 is 0. The molecule has 6 heteroatoms. The molecule has 0 saturated heterocycles. The summed E-state index contributed by atoms with van der Waals surface area (Å²) in [7, 11) is 1.52. The summed E-state index contributed by atoms with van der Waals surface area (Å²) in [6, 6.07) is 12.0. The van der Waals surface area contributed by atoms with Crippen LogP contribution in [0.1, 0.15) is 22.8 Å². The minimum atomic E-state index is -0.632. The summed E-state index contributed by atoms with van der Waals surface area (Å²) < 4.78 is 20.9. The van der Waals surface area contributed by atoms with Crippen LogP contribution in [0.5, 0.6) is 17.2 Å². The monoisotopic (exact) mass is 358 g/mol. The van der Waals surface area contributed by atoms with Gasteiger partial charge in [-0.3, -0.25) is 4.79 Å². The maximum absolute atomic E-state index is 12.1. The minimum Gasteiger partial charge on any atom is -0.494 e. The van der Waals surface area contributed by atoms with E-state index >= 15 is 0 Å². The Bertz CT molecular complexity index is 751. The molecule has 0 unspecified atom stereocenters. The van der Waals surface area contributed by atoms with Gasteiger partial charge in [-0.05, 0) is 55.8 Å². The lowest BCUT2D eigenvalue weighted by molar-refractivity contribution is -0.144. The first kappa shape index (κ1) is 19.3. The molecule has 0 saturated carbocycles. The Morgan fingerprint density at radius 3 is 2.31 bits per heavy atom. The van der Waals surface area contributed by atoms with E-state index in [0.29, 0.717) is 29.4 Å². The van der Waals surface area contributed by atoms with Crippen LogP contribution < -0.4 is 14.2 Å². The Labute approximate surface area is 152 Å². The SMILES string of the molecule is CCOc1ccc(C(=O)COC(=O)COc2ccc(C)cc2OC)cc1. The maximum atomic E-state index is 12.1. The van der Waals surface area contributed by atoms with Crippen molar-refractivity contribution < 1.29 is 28.5 Å². The molecule has 2 rings (SSSR count). The van der Waals surface area contributed by atoms with Gasteiger partial charge in [0.1, 0.15) is 5.75 Å². The zero-order valence-electron chi connectivity index (χ0n) is 15.1. The molecule has 0 N–H and O–H groups in total. The lowest BCUT2D eigenvalue weighted by atomic mass is 10.1. The van der Waals surface area contributed by atoms with Crippen molar-refractivity contribution in [2.24, 2.45) is 0 Å². The maximum Gasteiger partial charge on any atom is 0.344 e. The summed E-state index contributed by atoms with van der Waals surface area (Å²) in [5.41, 5.74) is 1.46. The molecule has 0 aliphatic rings. The van der Waals surface area contributed by atoms with Gasteiger partial charge in [-0.15, -0.1) is 0 Å². The summed E-state index contributed by atoms with van der Waals surface area (Å²) in [6.07, 6.45) is 0. The van der Waals surface area contributed by atoms with E-state index in [2.05, 4.69) is 0 Å². The highest BCUT2D eigenvalue weighted by Crippen LogP contribution is 2.27. The molecular formula is C20H22O6. The normalized spacial score (nSPS) is 10.1. The number of aryl methyl sites for hydroxylation is 1. The van der Waals surface area contributed by atoms with E-state index in [4.69, 9.17) is 18.9 Å². The molecule has 0 aliphatic heterocycles. The number of carbonyl (C=O) groups excluding carboxylic acids is 2. The van der Waals surface area contributed by atoms with Gasteiger partial charge < -0.3 is 18.9 Å². The summed E-state index contributed by atoms with van der Waals surface area (Å²) in [6.45, 7) is 3.70. The minimum absolute atomic E-state index is 0.297. The number of ketones is 1. The predicted octanol–water partition coefficient (Wildman–Crippen LogP) is 3.21. The van der Waals surface area contributed by atoms with Crippen molar-refractivity contribution in [1.82, 2.24) is 0 Å². The molecule has 26 heavy (non-hydrogen) atoms. The fourth-order valence-electron chi connectivity index (χ4n) is 2.21. The lowest BCUT2D eigenvalue weighted by Crippen LogP contribution is -2.19. The van der Waals surface area contributed by atoms with Crippen LogP contribution in [0, 0.1) is 6.92 Å². The molecule has 0 aliphatic carbocycles. The smallest absolute Gasteiger partial charge is 0.344 e. The predicted molar refractivity (Wildman–Crippen MR) is 96.1 cm³/mol. The van der Waals surface area contributed by atoms with Crippen molar-refractivity contribution in [3.05, 3.63) is 53.6 Å². The molecule has 138 valence electrons. The van der Waals surface area contributed by atoms with Crippen molar-refractivity contribution in [2.75, 3.05) is 26.9 Å². The first-order valence-corrected chi connectivity index (χ1v) is 8.22. The van der Waals surface area contributed by atoms with Crippen LogP contribution in [-0.2, 0) is 9.53 Å². The van der Waals surface area contributed by atoms with Crippen LogP contribution in [0.15, 0.2) is 42.5 Å². The zero-order valence-corrected chi connectivity index (χ0v) is 15.1. The van der Waals surface area contributed by atoms with E-state index in [9.17, 15) is 9.59 Å². The molecule has 0 fully saturated rings. The third kappa shape index (κ3) is 5.51. The number of benzene rings is 2. The Morgan fingerprint density at radius 2 is 1.65 bits per heavy atom. The number of esters is 1. The third-order valence-electron chi connectivity index (χ3n) is 3.52. The zero-order chi connectivity index (χ0) is 18.9. The average Bonchev–Trinajstić information content (AvgIpc) is 2.65. The molecule has 0 aromatic heterocycles. The Morgan fingerprint density at radius 1 is 0.923 bits per heavy atom. The highest BCUT2D eigenvalue weighted by molar-refractivity contribution is 5.98. The van der Waals surface area contributed by atoms with Crippen LogP contribution in [0.4, 0.5) is 0 Å². The van der Waals surface area contributed by atoms with Crippen LogP contribution in [0.3, 0.4) is 0 Å². The van der Waals surface area contributed by atoms with Gasteiger partial charge in [0.25, 0.3) is 0 Å². The van der Waals surface area contributed by atoms with Gasteiger partial charge in [-0.2, -0.15) is 0 Å². The number of Topliss-reactive ketones (excluding diaryl/α,β-unsaturated/α-hetero) is 1.